The number of fused-ring (bicyclic) bond motifs is 1. The van der Waals surface area contributed by atoms with Gasteiger partial charge in [0, 0.05) is 6.42 Å². The Morgan fingerprint density at radius 3 is 2.72 bits per heavy atom. The van der Waals surface area contributed by atoms with E-state index in [4.69, 9.17) is 4.74 Å². The molecule has 1 fully saturated rings. The molecule has 5 heteroatoms. The van der Waals surface area contributed by atoms with Gasteiger partial charge in [-0.25, -0.2) is 0 Å². The number of hydrogen-bond acceptors (Lipinski definition) is 4. The second-order valence-corrected chi connectivity index (χ2v) is 7.89. The lowest BCUT2D eigenvalue weighted by atomic mass is 9.95. The van der Waals surface area contributed by atoms with Crippen LogP contribution in [0.1, 0.15) is 23.1 Å². The molecule has 0 radical (unpaired) electrons. The van der Waals surface area contributed by atoms with Crippen LogP contribution in [0, 0.1) is 0 Å². The van der Waals surface area contributed by atoms with E-state index in [-0.39, 0.29) is 17.3 Å². The van der Waals surface area contributed by atoms with Gasteiger partial charge < -0.3 is 15.2 Å². The summed E-state index contributed by atoms with van der Waals surface area (Å²) in [7, 11) is 0. The van der Waals surface area contributed by atoms with Crippen LogP contribution in [0.25, 0.3) is 0 Å². The van der Waals surface area contributed by atoms with Crippen molar-refractivity contribution in [3.8, 4) is 5.75 Å². The van der Waals surface area contributed by atoms with Gasteiger partial charge in [0.05, 0.1) is 5.25 Å². The zero-order valence-corrected chi connectivity index (χ0v) is 14.7. The van der Waals surface area contributed by atoms with Gasteiger partial charge in [0.2, 0.25) is 5.91 Å². The molecule has 2 aliphatic rings. The van der Waals surface area contributed by atoms with Crippen molar-refractivity contribution in [3.05, 3.63) is 65.2 Å². The highest BCUT2D eigenvalue weighted by Crippen LogP contribution is 2.32. The van der Waals surface area contributed by atoms with E-state index in [2.05, 4.69) is 35.6 Å². The van der Waals surface area contributed by atoms with Crippen molar-refractivity contribution in [3.63, 3.8) is 0 Å². The van der Waals surface area contributed by atoms with Crippen LogP contribution in [-0.2, 0) is 24.1 Å². The topological polar surface area (TPSA) is 58.6 Å². The zero-order chi connectivity index (χ0) is 17.2. The fourth-order valence-electron chi connectivity index (χ4n) is 3.47. The van der Waals surface area contributed by atoms with E-state index >= 15 is 0 Å². The van der Waals surface area contributed by atoms with E-state index in [0.717, 1.165) is 30.6 Å². The quantitative estimate of drug-likeness (QED) is 0.885. The van der Waals surface area contributed by atoms with Crippen molar-refractivity contribution in [2.75, 3.05) is 0 Å². The van der Waals surface area contributed by atoms with Crippen molar-refractivity contribution >= 4 is 17.7 Å². The van der Waals surface area contributed by atoms with Crippen LogP contribution in [0.5, 0.6) is 5.75 Å². The van der Waals surface area contributed by atoms with Crippen LogP contribution in [0.3, 0.4) is 0 Å². The van der Waals surface area contributed by atoms with Crippen molar-refractivity contribution in [1.82, 2.24) is 5.32 Å². The van der Waals surface area contributed by atoms with Crippen LogP contribution in [-0.4, -0.2) is 27.9 Å². The lowest BCUT2D eigenvalue weighted by Crippen LogP contribution is -2.28. The summed E-state index contributed by atoms with van der Waals surface area (Å²) in [6, 6.07) is 16.6. The first kappa shape index (κ1) is 16.5. The van der Waals surface area contributed by atoms with Gasteiger partial charge in [-0.1, -0.05) is 54.2 Å². The summed E-state index contributed by atoms with van der Waals surface area (Å²) in [6.07, 6.45) is 3.77. The first-order valence-corrected chi connectivity index (χ1v) is 9.58. The fourth-order valence-corrected chi connectivity index (χ4v) is 4.44. The van der Waals surface area contributed by atoms with Crippen molar-refractivity contribution in [1.29, 1.82) is 0 Å². The lowest BCUT2D eigenvalue weighted by Gasteiger charge is -2.27. The summed E-state index contributed by atoms with van der Waals surface area (Å²) in [5.41, 5.74) is 2.85. The molecule has 0 spiro atoms. The second kappa shape index (κ2) is 7.10. The standard InChI is InChI=1S/C20H21NO3S/c22-19-18(25-20(23)21-19)12-14-6-9-17-15(10-14)7-8-16(24-17)11-13-4-2-1-3-5-13/h1-6,9-10,16,18,20,23H,7-8,11-12H2,(H,21,22). The van der Waals surface area contributed by atoms with Crippen LogP contribution in [0.4, 0.5) is 0 Å². The summed E-state index contributed by atoms with van der Waals surface area (Å²) < 4.78 is 6.17. The number of carbonyl (C=O) groups is 1. The Bertz CT molecular complexity index is 765. The average molecular weight is 355 g/mol. The molecular formula is C20H21NO3S. The minimum atomic E-state index is -0.780. The van der Waals surface area contributed by atoms with Crippen molar-refractivity contribution in [2.45, 2.75) is 42.6 Å². The number of carbonyl (C=O) groups excluding carboxylic acids is 1. The van der Waals surface area contributed by atoms with Gasteiger partial charge in [0.25, 0.3) is 0 Å². The maximum absolute atomic E-state index is 11.8. The first-order chi connectivity index (χ1) is 12.2. The average Bonchev–Trinajstić information content (AvgIpc) is 2.93. The molecule has 2 heterocycles. The molecule has 0 aliphatic carbocycles. The second-order valence-electron chi connectivity index (χ2n) is 6.60. The van der Waals surface area contributed by atoms with Crippen molar-refractivity contribution < 1.29 is 14.6 Å². The Morgan fingerprint density at radius 2 is 1.96 bits per heavy atom. The number of benzene rings is 2. The molecule has 130 valence electrons. The van der Waals surface area contributed by atoms with E-state index in [1.54, 1.807) is 0 Å². The Labute approximate surface area is 151 Å². The third kappa shape index (κ3) is 3.83. The number of nitrogens with one attached hydrogen (secondary N) is 1. The maximum atomic E-state index is 11.8. The van der Waals surface area contributed by atoms with E-state index in [1.165, 1.54) is 22.9 Å². The highest BCUT2D eigenvalue weighted by Gasteiger charge is 2.31. The molecule has 4 nitrogen and oxygen atoms in total. The highest BCUT2D eigenvalue weighted by atomic mass is 32.2. The lowest BCUT2D eigenvalue weighted by molar-refractivity contribution is -0.121. The Hall–Kier alpha value is -1.98. The third-order valence-electron chi connectivity index (χ3n) is 4.73. The number of aliphatic hydroxyl groups is 1. The molecule has 0 bridgehead atoms. The number of hydrogen-bond donors (Lipinski definition) is 2. The molecule has 3 unspecified atom stereocenters. The smallest absolute Gasteiger partial charge is 0.236 e. The molecule has 25 heavy (non-hydrogen) atoms. The number of rotatable bonds is 4. The molecule has 1 amide bonds. The van der Waals surface area contributed by atoms with Crippen LogP contribution in [0.15, 0.2) is 48.5 Å². The summed E-state index contributed by atoms with van der Waals surface area (Å²) in [6.45, 7) is 0. The molecule has 0 aromatic heterocycles. The van der Waals surface area contributed by atoms with E-state index in [9.17, 15) is 9.90 Å². The minimum Gasteiger partial charge on any atom is -0.490 e. The van der Waals surface area contributed by atoms with Gasteiger partial charge in [-0.3, -0.25) is 4.79 Å². The molecule has 2 aromatic rings. The molecule has 1 saturated heterocycles. The predicted molar refractivity (Wildman–Crippen MR) is 98.6 cm³/mol. The molecule has 2 N–H and O–H groups in total. The van der Waals surface area contributed by atoms with Gasteiger partial charge in [-0.2, -0.15) is 0 Å². The molecular weight excluding hydrogens is 334 g/mol. The van der Waals surface area contributed by atoms with Crippen LogP contribution >= 0.6 is 11.8 Å². The number of thioether (sulfide) groups is 1. The van der Waals surface area contributed by atoms with Gasteiger partial charge in [0.1, 0.15) is 11.9 Å². The van der Waals surface area contributed by atoms with E-state index < -0.39 is 5.56 Å². The van der Waals surface area contributed by atoms with Gasteiger partial charge in [-0.05, 0) is 42.0 Å². The Balaban J connectivity index is 1.42. The number of ether oxygens (including phenoxy) is 1. The number of aliphatic hydroxyl groups excluding tert-OH is 1. The molecule has 2 aliphatic heterocycles. The van der Waals surface area contributed by atoms with Gasteiger partial charge in [-0.15, -0.1) is 0 Å². The Kier molecular flexibility index (Phi) is 4.68. The van der Waals surface area contributed by atoms with E-state index in [1.807, 2.05) is 18.2 Å². The zero-order valence-electron chi connectivity index (χ0n) is 13.9. The monoisotopic (exact) mass is 355 g/mol. The van der Waals surface area contributed by atoms with Gasteiger partial charge >= 0.3 is 0 Å². The van der Waals surface area contributed by atoms with Gasteiger partial charge in [0.15, 0.2) is 5.56 Å². The largest absolute Gasteiger partial charge is 0.490 e. The summed E-state index contributed by atoms with van der Waals surface area (Å²) in [4.78, 5) is 11.8. The Morgan fingerprint density at radius 1 is 1.12 bits per heavy atom. The van der Waals surface area contributed by atoms with E-state index in [0.29, 0.717) is 6.42 Å². The molecule has 4 rings (SSSR count). The SMILES string of the molecule is O=C1NC(O)SC1Cc1ccc2c(c1)CCC(Cc1ccccc1)O2. The minimum absolute atomic E-state index is 0.0885. The molecule has 0 saturated carbocycles. The summed E-state index contributed by atoms with van der Waals surface area (Å²) >= 11 is 1.27. The molecule has 3 atom stereocenters. The van der Waals surface area contributed by atoms with Crippen LogP contribution < -0.4 is 10.1 Å². The fraction of sp³-hybridized carbons (Fsp3) is 0.350. The number of amides is 1. The predicted octanol–water partition coefficient (Wildman–Crippen LogP) is 2.67. The maximum Gasteiger partial charge on any atom is 0.236 e. The first-order valence-electron chi connectivity index (χ1n) is 8.64. The summed E-state index contributed by atoms with van der Waals surface area (Å²) in [5, 5.41) is 11.8. The van der Waals surface area contributed by atoms with Crippen molar-refractivity contribution in [2.24, 2.45) is 0 Å². The highest BCUT2D eigenvalue weighted by molar-refractivity contribution is 8.01. The van der Waals surface area contributed by atoms with Crippen LogP contribution in [0.2, 0.25) is 0 Å². The third-order valence-corrected chi connectivity index (χ3v) is 5.82. The number of aryl methyl sites for hydroxylation is 1. The molecule has 2 aromatic carbocycles. The normalized spacial score (nSPS) is 25.2. The summed E-state index contributed by atoms with van der Waals surface area (Å²) in [5.74, 6) is 0.869.